The number of carbonyl (C=O) groups is 1. The number of rotatable bonds is 3. The fraction of sp³-hybridized carbons (Fsp3) is 0.462. The van der Waals surface area contributed by atoms with Crippen molar-refractivity contribution >= 4 is 29.1 Å². The van der Waals surface area contributed by atoms with Crippen LogP contribution in [0.5, 0.6) is 0 Å². The Morgan fingerprint density at radius 2 is 2.05 bits per heavy atom. The molecule has 0 aromatic heterocycles. The van der Waals surface area contributed by atoms with Gasteiger partial charge in [-0.05, 0) is 17.7 Å². The summed E-state index contributed by atoms with van der Waals surface area (Å²) in [5, 5.41) is 5.91. The Balaban J connectivity index is 1.98. The lowest BCUT2D eigenvalue weighted by Crippen LogP contribution is -2.39. The number of hydrogen-bond acceptors (Lipinski definition) is 2. The summed E-state index contributed by atoms with van der Waals surface area (Å²) in [5.41, 5.74) is 0.601. The van der Waals surface area contributed by atoms with Gasteiger partial charge in [-0.2, -0.15) is 13.2 Å². The Hall–Kier alpha value is -0.980. The van der Waals surface area contributed by atoms with Crippen molar-refractivity contribution in [1.29, 1.82) is 0 Å². The van der Waals surface area contributed by atoms with Crippen LogP contribution in [0.1, 0.15) is 5.56 Å². The van der Waals surface area contributed by atoms with E-state index in [9.17, 15) is 18.0 Å². The highest BCUT2D eigenvalue weighted by Crippen LogP contribution is 2.34. The van der Waals surface area contributed by atoms with Gasteiger partial charge in [-0.3, -0.25) is 4.79 Å². The van der Waals surface area contributed by atoms with Gasteiger partial charge in [0.15, 0.2) is 0 Å². The number of alkyl halides is 3. The quantitative estimate of drug-likeness (QED) is 0.888. The summed E-state index contributed by atoms with van der Waals surface area (Å²) < 4.78 is 38.4. The molecule has 0 aliphatic carbocycles. The molecule has 0 bridgehead atoms. The Kier molecular flexibility index (Phi) is 5.01. The van der Waals surface area contributed by atoms with Gasteiger partial charge in [0, 0.05) is 29.7 Å². The van der Waals surface area contributed by atoms with Gasteiger partial charge < -0.3 is 10.6 Å². The Morgan fingerprint density at radius 3 is 2.67 bits per heavy atom. The fourth-order valence-corrected chi connectivity index (χ4v) is 2.75. The summed E-state index contributed by atoms with van der Waals surface area (Å²) in [6, 6.07) is 4.74. The predicted octanol–water partition coefficient (Wildman–Crippen LogP) is 3.01. The molecule has 2 N–H and O–H groups in total. The van der Waals surface area contributed by atoms with E-state index in [2.05, 4.69) is 10.6 Å². The van der Waals surface area contributed by atoms with E-state index in [0.717, 1.165) is 0 Å². The smallest absolute Gasteiger partial charge is 0.352 e. The zero-order valence-electron chi connectivity index (χ0n) is 10.8. The third-order valence-electron chi connectivity index (χ3n) is 3.44. The molecule has 1 aromatic rings. The van der Waals surface area contributed by atoms with Crippen molar-refractivity contribution in [2.24, 2.45) is 11.8 Å². The van der Waals surface area contributed by atoms with Crippen LogP contribution >= 0.6 is 23.2 Å². The van der Waals surface area contributed by atoms with Crippen LogP contribution in [0.4, 0.5) is 13.2 Å². The molecule has 1 heterocycles. The minimum atomic E-state index is -4.39. The van der Waals surface area contributed by atoms with Gasteiger partial charge in [-0.25, -0.2) is 0 Å². The van der Waals surface area contributed by atoms with Gasteiger partial charge in [0.05, 0.1) is 11.8 Å². The molecule has 1 fully saturated rings. The molecule has 3 nitrogen and oxygen atoms in total. The van der Waals surface area contributed by atoms with E-state index < -0.39 is 23.9 Å². The Bertz CT molecular complexity index is 537. The van der Waals surface area contributed by atoms with Crippen LogP contribution < -0.4 is 10.6 Å². The van der Waals surface area contributed by atoms with Crippen LogP contribution in [0.3, 0.4) is 0 Å². The van der Waals surface area contributed by atoms with Crippen LogP contribution in [-0.2, 0) is 11.3 Å². The molecule has 0 unspecified atom stereocenters. The molecule has 1 saturated heterocycles. The number of benzene rings is 1. The number of nitrogens with one attached hydrogen (secondary N) is 2. The van der Waals surface area contributed by atoms with Gasteiger partial charge >= 0.3 is 6.18 Å². The molecule has 2 atom stereocenters. The highest BCUT2D eigenvalue weighted by Gasteiger charge is 2.49. The lowest BCUT2D eigenvalue weighted by molar-refractivity contribution is -0.182. The molecular formula is C13H13Cl2F3N2O. The maximum atomic E-state index is 12.8. The standard InChI is InChI=1S/C13H13Cl2F3N2O/c14-8-2-1-7(11(15)3-8)4-20-12(21)9-5-19-6-10(9)13(16,17)18/h1-3,9-10,19H,4-6H2,(H,20,21)/t9-,10-/m1/s1. The highest BCUT2D eigenvalue weighted by molar-refractivity contribution is 6.35. The topological polar surface area (TPSA) is 41.1 Å². The minimum Gasteiger partial charge on any atom is -0.352 e. The Labute approximate surface area is 129 Å². The summed E-state index contributed by atoms with van der Waals surface area (Å²) in [6.07, 6.45) is -4.39. The molecule has 2 rings (SSSR count). The molecule has 0 saturated carbocycles. The van der Waals surface area contributed by atoms with E-state index in [0.29, 0.717) is 15.6 Å². The molecule has 1 aromatic carbocycles. The number of halogens is 5. The highest BCUT2D eigenvalue weighted by atomic mass is 35.5. The first kappa shape index (κ1) is 16.4. The SMILES string of the molecule is O=C(NCc1ccc(Cl)cc1Cl)[C@@H]1CNC[C@H]1C(F)(F)F. The molecule has 0 spiro atoms. The molecule has 0 radical (unpaired) electrons. The van der Waals surface area contributed by atoms with Crippen molar-refractivity contribution in [3.63, 3.8) is 0 Å². The zero-order chi connectivity index (χ0) is 15.6. The second-order valence-corrected chi connectivity index (χ2v) is 5.71. The summed E-state index contributed by atoms with van der Waals surface area (Å²) >= 11 is 11.7. The van der Waals surface area contributed by atoms with E-state index in [4.69, 9.17) is 23.2 Å². The normalized spacial score (nSPS) is 22.3. The molecular weight excluding hydrogens is 328 g/mol. The molecule has 1 amide bonds. The molecule has 21 heavy (non-hydrogen) atoms. The van der Waals surface area contributed by atoms with Crippen molar-refractivity contribution in [2.75, 3.05) is 13.1 Å². The van der Waals surface area contributed by atoms with Gasteiger partial charge in [-0.15, -0.1) is 0 Å². The lowest BCUT2D eigenvalue weighted by atomic mass is 9.94. The third-order valence-corrected chi connectivity index (χ3v) is 4.03. The Morgan fingerprint density at radius 1 is 1.33 bits per heavy atom. The van der Waals surface area contributed by atoms with Crippen molar-refractivity contribution in [1.82, 2.24) is 10.6 Å². The zero-order valence-corrected chi connectivity index (χ0v) is 12.3. The van der Waals surface area contributed by atoms with Crippen molar-refractivity contribution < 1.29 is 18.0 Å². The van der Waals surface area contributed by atoms with E-state index >= 15 is 0 Å². The third kappa shape index (κ3) is 4.02. The van der Waals surface area contributed by atoms with Crippen LogP contribution in [0.2, 0.25) is 10.0 Å². The summed E-state index contributed by atoms with van der Waals surface area (Å²) in [6.45, 7) is -0.149. The van der Waals surface area contributed by atoms with Crippen molar-refractivity contribution in [3.8, 4) is 0 Å². The molecule has 8 heteroatoms. The van der Waals surface area contributed by atoms with Crippen LogP contribution in [0.15, 0.2) is 18.2 Å². The fourth-order valence-electron chi connectivity index (χ4n) is 2.28. The average molecular weight is 341 g/mol. The van der Waals surface area contributed by atoms with Gasteiger partial charge in [0.2, 0.25) is 5.91 Å². The van der Waals surface area contributed by atoms with E-state index in [1.54, 1.807) is 12.1 Å². The summed E-state index contributed by atoms with van der Waals surface area (Å²) in [4.78, 5) is 11.9. The van der Waals surface area contributed by atoms with Gasteiger partial charge in [-0.1, -0.05) is 29.3 Å². The number of carbonyl (C=O) groups excluding carboxylic acids is 1. The van der Waals surface area contributed by atoms with Crippen LogP contribution in [-0.4, -0.2) is 25.2 Å². The average Bonchev–Trinajstić information content (AvgIpc) is 2.86. The van der Waals surface area contributed by atoms with Crippen molar-refractivity contribution in [3.05, 3.63) is 33.8 Å². The van der Waals surface area contributed by atoms with Crippen molar-refractivity contribution in [2.45, 2.75) is 12.7 Å². The van der Waals surface area contributed by atoms with E-state index in [1.807, 2.05) is 0 Å². The minimum absolute atomic E-state index is 0.0182. The number of amides is 1. The maximum absolute atomic E-state index is 12.8. The van der Waals surface area contributed by atoms with E-state index in [-0.39, 0.29) is 19.6 Å². The predicted molar refractivity (Wildman–Crippen MR) is 74.2 cm³/mol. The largest absolute Gasteiger partial charge is 0.393 e. The van der Waals surface area contributed by atoms with E-state index in [1.165, 1.54) is 6.07 Å². The van der Waals surface area contributed by atoms with Gasteiger partial charge in [0.1, 0.15) is 0 Å². The van der Waals surface area contributed by atoms with Crippen LogP contribution in [0, 0.1) is 11.8 Å². The molecule has 1 aliphatic rings. The molecule has 1 aliphatic heterocycles. The summed E-state index contributed by atoms with van der Waals surface area (Å²) in [7, 11) is 0. The van der Waals surface area contributed by atoms with Crippen LogP contribution in [0.25, 0.3) is 0 Å². The summed E-state index contributed by atoms with van der Waals surface area (Å²) in [5.74, 6) is -3.40. The number of hydrogen-bond donors (Lipinski definition) is 2. The van der Waals surface area contributed by atoms with Gasteiger partial charge in [0.25, 0.3) is 0 Å². The first-order valence-corrected chi connectivity index (χ1v) is 7.03. The second kappa shape index (κ2) is 6.42. The monoisotopic (exact) mass is 340 g/mol. The first-order valence-electron chi connectivity index (χ1n) is 6.28. The lowest BCUT2D eigenvalue weighted by Gasteiger charge is -2.20. The second-order valence-electron chi connectivity index (χ2n) is 4.87. The molecule has 116 valence electrons. The first-order chi connectivity index (χ1) is 9.79. The maximum Gasteiger partial charge on any atom is 0.393 e.